The highest BCUT2D eigenvalue weighted by atomic mass is 32.2. The Morgan fingerprint density at radius 1 is 1.61 bits per heavy atom. The van der Waals surface area contributed by atoms with Crippen molar-refractivity contribution in [2.45, 2.75) is 12.5 Å². The quantitative estimate of drug-likeness (QED) is 0.765. The van der Waals surface area contributed by atoms with E-state index in [9.17, 15) is 4.79 Å². The second kappa shape index (κ2) is 5.88. The Hall–Kier alpha value is -1.53. The minimum atomic E-state index is -0.463. The lowest BCUT2D eigenvalue weighted by Gasteiger charge is -2.11. The van der Waals surface area contributed by atoms with Crippen molar-refractivity contribution in [3.8, 4) is 0 Å². The fourth-order valence-electron chi connectivity index (χ4n) is 1.63. The van der Waals surface area contributed by atoms with E-state index in [1.54, 1.807) is 18.0 Å². The van der Waals surface area contributed by atoms with Gasteiger partial charge in [0.1, 0.15) is 0 Å². The summed E-state index contributed by atoms with van der Waals surface area (Å²) in [7, 11) is 0. The summed E-state index contributed by atoms with van der Waals surface area (Å²) < 4.78 is 0. The zero-order chi connectivity index (χ0) is 13.0. The molecule has 4 N–H and O–H groups in total. The standard InChI is InChI=1S/C12H16N4OS/c1-18-5-4-10(13)12(17)15-9-3-2-8-7-14-16-11(8)6-9/h2-3,6-7,10H,4-5,13H2,1H3,(H,14,16)(H,15,17)/t10-/m1/s1. The van der Waals surface area contributed by atoms with Crippen molar-refractivity contribution in [2.24, 2.45) is 5.73 Å². The van der Waals surface area contributed by atoms with Crippen LogP contribution in [0.15, 0.2) is 24.4 Å². The van der Waals surface area contributed by atoms with Crippen LogP contribution in [0.2, 0.25) is 0 Å². The van der Waals surface area contributed by atoms with E-state index in [0.717, 1.165) is 22.3 Å². The molecule has 0 spiro atoms. The Kier molecular flexibility index (Phi) is 4.22. The molecule has 0 aliphatic rings. The molecule has 5 nitrogen and oxygen atoms in total. The maximum atomic E-state index is 11.8. The molecule has 0 aliphatic heterocycles. The highest BCUT2D eigenvalue weighted by Crippen LogP contribution is 2.16. The van der Waals surface area contributed by atoms with Crippen molar-refractivity contribution < 1.29 is 4.79 Å². The summed E-state index contributed by atoms with van der Waals surface area (Å²) >= 11 is 1.68. The first-order chi connectivity index (χ1) is 8.70. The van der Waals surface area contributed by atoms with Gasteiger partial charge >= 0.3 is 0 Å². The number of aromatic amines is 1. The second-order valence-electron chi connectivity index (χ2n) is 4.05. The number of benzene rings is 1. The smallest absolute Gasteiger partial charge is 0.241 e. The van der Waals surface area contributed by atoms with Crippen molar-refractivity contribution in [3.63, 3.8) is 0 Å². The number of nitrogens with two attached hydrogens (primary N) is 1. The van der Waals surface area contributed by atoms with Gasteiger partial charge in [-0.15, -0.1) is 0 Å². The molecule has 0 radical (unpaired) electrons. The van der Waals surface area contributed by atoms with Crippen LogP contribution >= 0.6 is 11.8 Å². The van der Waals surface area contributed by atoms with E-state index in [4.69, 9.17) is 5.73 Å². The fraction of sp³-hybridized carbons (Fsp3) is 0.333. The van der Waals surface area contributed by atoms with E-state index < -0.39 is 6.04 Å². The lowest BCUT2D eigenvalue weighted by molar-refractivity contribution is -0.117. The summed E-state index contributed by atoms with van der Waals surface area (Å²) in [6.45, 7) is 0. The van der Waals surface area contributed by atoms with Crippen LogP contribution in [-0.2, 0) is 4.79 Å². The van der Waals surface area contributed by atoms with Gasteiger partial charge in [0.25, 0.3) is 0 Å². The van der Waals surface area contributed by atoms with E-state index >= 15 is 0 Å². The Morgan fingerprint density at radius 3 is 3.22 bits per heavy atom. The first kappa shape index (κ1) is 12.9. The molecule has 1 heterocycles. The van der Waals surface area contributed by atoms with Gasteiger partial charge in [-0.05, 0) is 36.6 Å². The topological polar surface area (TPSA) is 83.8 Å². The third kappa shape index (κ3) is 3.02. The summed E-state index contributed by atoms with van der Waals surface area (Å²) in [5.41, 5.74) is 7.42. The number of aromatic nitrogens is 2. The van der Waals surface area contributed by atoms with Gasteiger partial charge in [-0.2, -0.15) is 16.9 Å². The van der Waals surface area contributed by atoms with Crippen LogP contribution in [-0.4, -0.2) is 34.2 Å². The third-order valence-corrected chi connectivity index (χ3v) is 3.32. The van der Waals surface area contributed by atoms with Crippen LogP contribution in [0.1, 0.15) is 6.42 Å². The van der Waals surface area contributed by atoms with Gasteiger partial charge in [-0.1, -0.05) is 0 Å². The molecular weight excluding hydrogens is 248 g/mol. The molecule has 6 heteroatoms. The summed E-state index contributed by atoms with van der Waals surface area (Å²) in [6, 6.07) is 5.13. The Morgan fingerprint density at radius 2 is 2.44 bits per heavy atom. The Bertz CT molecular complexity index is 540. The number of amides is 1. The number of anilines is 1. The van der Waals surface area contributed by atoms with Crippen molar-refractivity contribution in [3.05, 3.63) is 24.4 Å². The monoisotopic (exact) mass is 264 g/mol. The van der Waals surface area contributed by atoms with Gasteiger partial charge in [-0.3, -0.25) is 9.89 Å². The number of carbonyl (C=O) groups excluding carboxylic acids is 1. The maximum absolute atomic E-state index is 11.8. The van der Waals surface area contributed by atoms with Crippen LogP contribution in [0.25, 0.3) is 10.9 Å². The van der Waals surface area contributed by atoms with Gasteiger partial charge in [0.05, 0.1) is 17.8 Å². The van der Waals surface area contributed by atoms with Gasteiger partial charge in [0.2, 0.25) is 5.91 Å². The lowest BCUT2D eigenvalue weighted by Crippen LogP contribution is -2.36. The average Bonchev–Trinajstić information content (AvgIpc) is 2.83. The molecule has 0 aliphatic carbocycles. The van der Waals surface area contributed by atoms with E-state index in [0.29, 0.717) is 6.42 Å². The van der Waals surface area contributed by atoms with Crippen LogP contribution in [0, 0.1) is 0 Å². The Labute approximate surface area is 110 Å². The predicted octanol–water partition coefficient (Wildman–Crippen LogP) is 1.58. The van der Waals surface area contributed by atoms with Crippen LogP contribution in [0.5, 0.6) is 0 Å². The van der Waals surface area contributed by atoms with E-state index in [1.165, 1.54) is 0 Å². The van der Waals surface area contributed by atoms with Gasteiger partial charge in [0.15, 0.2) is 0 Å². The molecule has 1 aromatic heterocycles. The third-order valence-electron chi connectivity index (χ3n) is 2.68. The minimum absolute atomic E-state index is 0.150. The minimum Gasteiger partial charge on any atom is -0.325 e. The molecule has 1 aromatic carbocycles. The number of hydrogen-bond acceptors (Lipinski definition) is 4. The summed E-state index contributed by atoms with van der Waals surface area (Å²) in [6.07, 6.45) is 4.42. The molecule has 0 bridgehead atoms. The summed E-state index contributed by atoms with van der Waals surface area (Å²) in [5.74, 6) is 0.733. The molecule has 2 aromatic rings. The number of thioether (sulfide) groups is 1. The molecular formula is C12H16N4OS. The molecule has 18 heavy (non-hydrogen) atoms. The highest BCUT2D eigenvalue weighted by Gasteiger charge is 2.13. The molecule has 1 atom stereocenters. The van der Waals surface area contributed by atoms with Crippen LogP contribution < -0.4 is 11.1 Å². The highest BCUT2D eigenvalue weighted by molar-refractivity contribution is 7.98. The molecule has 1 amide bonds. The van der Waals surface area contributed by atoms with E-state index in [1.807, 2.05) is 24.5 Å². The number of nitrogens with zero attached hydrogens (tertiary/aromatic N) is 1. The van der Waals surface area contributed by atoms with Gasteiger partial charge < -0.3 is 11.1 Å². The summed E-state index contributed by atoms with van der Waals surface area (Å²) in [5, 5.41) is 10.6. The zero-order valence-electron chi connectivity index (χ0n) is 10.1. The number of fused-ring (bicyclic) bond motifs is 1. The van der Waals surface area contributed by atoms with E-state index in [2.05, 4.69) is 15.5 Å². The first-order valence-corrected chi connectivity index (χ1v) is 7.08. The molecule has 96 valence electrons. The van der Waals surface area contributed by atoms with Crippen molar-refractivity contribution in [2.75, 3.05) is 17.3 Å². The molecule has 0 unspecified atom stereocenters. The normalized spacial score (nSPS) is 12.6. The maximum Gasteiger partial charge on any atom is 0.241 e. The number of nitrogens with one attached hydrogen (secondary N) is 2. The molecule has 0 saturated heterocycles. The second-order valence-corrected chi connectivity index (χ2v) is 5.03. The zero-order valence-corrected chi connectivity index (χ0v) is 11.0. The van der Waals surface area contributed by atoms with Crippen molar-refractivity contribution in [1.29, 1.82) is 0 Å². The van der Waals surface area contributed by atoms with Gasteiger partial charge in [-0.25, -0.2) is 0 Å². The largest absolute Gasteiger partial charge is 0.325 e. The fourth-order valence-corrected chi connectivity index (χ4v) is 2.12. The molecule has 0 saturated carbocycles. The van der Waals surface area contributed by atoms with E-state index in [-0.39, 0.29) is 5.91 Å². The number of H-pyrrole nitrogens is 1. The lowest BCUT2D eigenvalue weighted by atomic mass is 10.2. The predicted molar refractivity (Wildman–Crippen MR) is 75.7 cm³/mol. The Balaban J connectivity index is 2.01. The molecule has 2 rings (SSSR count). The summed E-state index contributed by atoms with van der Waals surface area (Å²) in [4.78, 5) is 11.8. The number of hydrogen-bond donors (Lipinski definition) is 3. The SMILES string of the molecule is CSCC[C@@H](N)C(=O)Nc1ccc2cn[nH]c2c1. The molecule has 0 fully saturated rings. The first-order valence-electron chi connectivity index (χ1n) is 5.69. The van der Waals surface area contributed by atoms with Crippen molar-refractivity contribution >= 4 is 34.3 Å². The van der Waals surface area contributed by atoms with Crippen molar-refractivity contribution in [1.82, 2.24) is 10.2 Å². The van der Waals surface area contributed by atoms with Crippen LogP contribution in [0.4, 0.5) is 5.69 Å². The average molecular weight is 264 g/mol. The van der Waals surface area contributed by atoms with Crippen LogP contribution in [0.3, 0.4) is 0 Å². The number of rotatable bonds is 5. The van der Waals surface area contributed by atoms with Gasteiger partial charge in [0, 0.05) is 11.1 Å². The number of carbonyl (C=O) groups is 1.